The molecule has 1 saturated carbocycles. The molecule has 0 aromatic heterocycles. The van der Waals surface area contributed by atoms with E-state index in [4.69, 9.17) is 5.11 Å². The van der Waals surface area contributed by atoms with Crippen LogP contribution in [0.5, 0.6) is 0 Å². The van der Waals surface area contributed by atoms with E-state index in [0.29, 0.717) is 23.8 Å². The van der Waals surface area contributed by atoms with Crippen LogP contribution in [0.3, 0.4) is 0 Å². The Morgan fingerprint density at radius 3 is 2.48 bits per heavy atom. The fourth-order valence-electron chi connectivity index (χ4n) is 4.75. The second-order valence-corrected chi connectivity index (χ2v) is 8.41. The predicted molar refractivity (Wildman–Crippen MR) is 125 cm³/mol. The van der Waals surface area contributed by atoms with Gasteiger partial charge in [-0.05, 0) is 66.7 Å². The number of fused-ring (bicyclic) bond motifs is 1. The van der Waals surface area contributed by atoms with Crippen molar-refractivity contribution in [2.24, 2.45) is 0 Å². The van der Waals surface area contributed by atoms with Gasteiger partial charge < -0.3 is 10.4 Å². The van der Waals surface area contributed by atoms with Crippen molar-refractivity contribution in [2.45, 2.75) is 57.0 Å². The SMILES string of the molecule is CC(NC1CCC(c2ccc(CCC(=O)O)cc2)C1)c1ccc(F)c2ccccc12.Cl. The summed E-state index contributed by atoms with van der Waals surface area (Å²) in [5.41, 5.74) is 3.54. The molecule has 3 unspecified atom stereocenters. The van der Waals surface area contributed by atoms with Crippen LogP contribution in [0, 0.1) is 5.82 Å². The number of benzene rings is 3. The van der Waals surface area contributed by atoms with Gasteiger partial charge in [-0.3, -0.25) is 4.79 Å². The molecule has 164 valence electrons. The average Bonchev–Trinajstić information content (AvgIpc) is 3.21. The molecule has 0 bridgehead atoms. The van der Waals surface area contributed by atoms with Crippen LogP contribution in [0.15, 0.2) is 60.7 Å². The number of aliphatic carboxylic acids is 1. The molecule has 3 aromatic rings. The van der Waals surface area contributed by atoms with Gasteiger partial charge in [-0.2, -0.15) is 0 Å². The van der Waals surface area contributed by atoms with E-state index < -0.39 is 5.97 Å². The van der Waals surface area contributed by atoms with Crippen molar-refractivity contribution >= 4 is 29.1 Å². The second-order valence-electron chi connectivity index (χ2n) is 8.41. The number of aryl methyl sites for hydroxylation is 1. The number of hydrogen-bond donors (Lipinski definition) is 2. The first kappa shape index (κ1) is 23.2. The van der Waals surface area contributed by atoms with E-state index in [0.717, 1.165) is 35.8 Å². The number of carbonyl (C=O) groups is 1. The summed E-state index contributed by atoms with van der Waals surface area (Å²) in [6, 6.07) is 20.2. The molecule has 0 heterocycles. The standard InChI is InChI=1S/C26H28FNO2.ClH/c1-17(22-13-14-25(27)24-5-3-2-4-23(22)24)28-21-12-11-20(16-21)19-9-6-18(7-10-19)8-15-26(29)30;/h2-7,9-10,13-14,17,20-21,28H,8,11-12,15-16H2,1H3,(H,29,30);1H. The first-order valence-corrected chi connectivity index (χ1v) is 10.7. The minimum Gasteiger partial charge on any atom is -0.481 e. The third-order valence-electron chi connectivity index (χ3n) is 6.37. The summed E-state index contributed by atoms with van der Waals surface area (Å²) in [6.45, 7) is 2.16. The smallest absolute Gasteiger partial charge is 0.303 e. The van der Waals surface area contributed by atoms with Crippen molar-refractivity contribution in [3.8, 4) is 0 Å². The predicted octanol–water partition coefficient (Wildman–Crippen LogP) is 6.40. The topological polar surface area (TPSA) is 49.3 Å². The van der Waals surface area contributed by atoms with Crippen molar-refractivity contribution in [1.82, 2.24) is 5.32 Å². The molecule has 3 atom stereocenters. The molecule has 4 rings (SSSR count). The minimum atomic E-state index is -0.758. The molecular formula is C26H29ClFNO2. The van der Waals surface area contributed by atoms with Crippen LogP contribution in [0.2, 0.25) is 0 Å². The molecule has 0 amide bonds. The van der Waals surface area contributed by atoms with Crippen LogP contribution in [-0.4, -0.2) is 17.1 Å². The van der Waals surface area contributed by atoms with Crippen LogP contribution in [0.25, 0.3) is 10.8 Å². The number of carboxylic acid groups (broad SMARTS) is 1. The number of nitrogens with one attached hydrogen (secondary N) is 1. The fourth-order valence-corrected chi connectivity index (χ4v) is 4.75. The summed E-state index contributed by atoms with van der Waals surface area (Å²) >= 11 is 0. The van der Waals surface area contributed by atoms with Crippen LogP contribution >= 0.6 is 12.4 Å². The van der Waals surface area contributed by atoms with Gasteiger partial charge in [0.25, 0.3) is 0 Å². The maximum absolute atomic E-state index is 14.1. The maximum atomic E-state index is 14.1. The first-order chi connectivity index (χ1) is 14.5. The largest absolute Gasteiger partial charge is 0.481 e. The lowest BCUT2D eigenvalue weighted by molar-refractivity contribution is -0.136. The second kappa shape index (κ2) is 10.3. The zero-order valence-corrected chi connectivity index (χ0v) is 18.5. The third-order valence-corrected chi connectivity index (χ3v) is 6.37. The fraction of sp³-hybridized carbons (Fsp3) is 0.346. The molecule has 1 fully saturated rings. The van der Waals surface area contributed by atoms with Gasteiger partial charge in [0.05, 0.1) is 0 Å². The Balaban J connectivity index is 0.00000272. The minimum absolute atomic E-state index is 0. The summed E-state index contributed by atoms with van der Waals surface area (Å²) < 4.78 is 14.1. The summed E-state index contributed by atoms with van der Waals surface area (Å²) in [7, 11) is 0. The van der Waals surface area contributed by atoms with Gasteiger partial charge in [0, 0.05) is 23.9 Å². The highest BCUT2D eigenvalue weighted by Gasteiger charge is 2.27. The summed E-state index contributed by atoms with van der Waals surface area (Å²) in [4.78, 5) is 10.7. The van der Waals surface area contributed by atoms with E-state index in [9.17, 15) is 9.18 Å². The number of hydrogen-bond acceptors (Lipinski definition) is 2. The Hall–Kier alpha value is -2.43. The molecule has 0 spiro atoms. The molecule has 5 heteroatoms. The number of rotatable bonds is 7. The van der Waals surface area contributed by atoms with E-state index in [1.165, 1.54) is 5.56 Å². The molecule has 0 aliphatic heterocycles. The van der Waals surface area contributed by atoms with Crippen molar-refractivity contribution in [1.29, 1.82) is 0 Å². The average molecular weight is 442 g/mol. The van der Waals surface area contributed by atoms with E-state index >= 15 is 0 Å². The zero-order chi connectivity index (χ0) is 21.1. The Morgan fingerprint density at radius 1 is 1.06 bits per heavy atom. The highest BCUT2D eigenvalue weighted by Crippen LogP contribution is 2.36. The van der Waals surface area contributed by atoms with E-state index in [-0.39, 0.29) is 30.7 Å². The van der Waals surface area contributed by atoms with Crippen LogP contribution in [0.4, 0.5) is 4.39 Å². The highest BCUT2D eigenvalue weighted by atomic mass is 35.5. The molecule has 31 heavy (non-hydrogen) atoms. The van der Waals surface area contributed by atoms with Gasteiger partial charge in [-0.15, -0.1) is 12.4 Å². The molecule has 0 radical (unpaired) electrons. The van der Waals surface area contributed by atoms with E-state index in [2.05, 4.69) is 36.5 Å². The molecule has 1 aliphatic rings. The van der Waals surface area contributed by atoms with Gasteiger partial charge >= 0.3 is 5.97 Å². The molecular weight excluding hydrogens is 413 g/mol. The number of halogens is 2. The lowest BCUT2D eigenvalue weighted by Gasteiger charge is -2.22. The molecule has 1 aliphatic carbocycles. The normalized spacial score (nSPS) is 19.2. The van der Waals surface area contributed by atoms with Crippen molar-refractivity contribution in [3.05, 3.63) is 83.2 Å². The van der Waals surface area contributed by atoms with E-state index in [1.54, 1.807) is 6.07 Å². The number of carboxylic acids is 1. The Morgan fingerprint density at radius 2 is 1.77 bits per heavy atom. The van der Waals surface area contributed by atoms with Crippen molar-refractivity contribution in [3.63, 3.8) is 0 Å². The van der Waals surface area contributed by atoms with Crippen LogP contribution in [0.1, 0.15) is 61.3 Å². The maximum Gasteiger partial charge on any atom is 0.303 e. The van der Waals surface area contributed by atoms with Gasteiger partial charge in [0.15, 0.2) is 0 Å². The van der Waals surface area contributed by atoms with Gasteiger partial charge in [-0.1, -0.05) is 54.6 Å². The lowest BCUT2D eigenvalue weighted by atomic mass is 9.95. The lowest BCUT2D eigenvalue weighted by Crippen LogP contribution is -2.29. The third kappa shape index (κ3) is 5.44. The van der Waals surface area contributed by atoms with Gasteiger partial charge in [0.1, 0.15) is 5.82 Å². The Labute approximate surface area is 189 Å². The van der Waals surface area contributed by atoms with Crippen molar-refractivity contribution < 1.29 is 14.3 Å². The Bertz CT molecular complexity index is 1040. The highest BCUT2D eigenvalue weighted by molar-refractivity contribution is 5.86. The summed E-state index contributed by atoms with van der Waals surface area (Å²) in [5, 5.41) is 14.2. The quantitative estimate of drug-likeness (QED) is 0.445. The van der Waals surface area contributed by atoms with E-state index in [1.807, 2.05) is 30.3 Å². The van der Waals surface area contributed by atoms with Crippen molar-refractivity contribution in [2.75, 3.05) is 0 Å². The zero-order valence-electron chi connectivity index (χ0n) is 17.7. The van der Waals surface area contributed by atoms with Crippen LogP contribution < -0.4 is 5.32 Å². The monoisotopic (exact) mass is 441 g/mol. The van der Waals surface area contributed by atoms with Gasteiger partial charge in [0.2, 0.25) is 0 Å². The summed E-state index contributed by atoms with van der Waals surface area (Å²) in [6.07, 6.45) is 4.09. The Kier molecular flexibility index (Phi) is 7.69. The first-order valence-electron chi connectivity index (χ1n) is 10.7. The molecule has 3 aromatic carbocycles. The molecule has 0 saturated heterocycles. The van der Waals surface area contributed by atoms with Crippen LogP contribution in [-0.2, 0) is 11.2 Å². The molecule has 3 nitrogen and oxygen atoms in total. The summed E-state index contributed by atoms with van der Waals surface area (Å²) in [5.74, 6) is -0.408. The van der Waals surface area contributed by atoms with Gasteiger partial charge in [-0.25, -0.2) is 4.39 Å². The molecule has 2 N–H and O–H groups in total.